The van der Waals surface area contributed by atoms with E-state index in [4.69, 9.17) is 11.0 Å². The van der Waals surface area contributed by atoms with Crippen molar-refractivity contribution in [2.24, 2.45) is 10.7 Å². The Bertz CT molecular complexity index is 715. The Labute approximate surface area is 120 Å². The molecule has 0 atom stereocenters. The van der Waals surface area contributed by atoms with E-state index in [1.54, 1.807) is 6.20 Å². The van der Waals surface area contributed by atoms with Crippen molar-refractivity contribution >= 4 is 11.9 Å². The van der Waals surface area contributed by atoms with Crippen molar-refractivity contribution in [1.82, 2.24) is 15.3 Å². The molecule has 0 spiro atoms. The first-order valence-electron chi connectivity index (χ1n) is 5.92. The molecule has 0 unspecified atom stereocenters. The molecule has 2 aromatic rings. The summed E-state index contributed by atoms with van der Waals surface area (Å²) in [5.74, 6) is -0.986. The van der Waals surface area contributed by atoms with Crippen LogP contribution in [0.15, 0.2) is 35.7 Å². The fourth-order valence-electron chi connectivity index (χ4n) is 1.55. The average molecular weight is 284 g/mol. The van der Waals surface area contributed by atoms with Crippen LogP contribution in [0, 0.1) is 11.3 Å². The fourth-order valence-corrected chi connectivity index (χ4v) is 1.55. The van der Waals surface area contributed by atoms with Crippen molar-refractivity contribution in [3.63, 3.8) is 0 Å². The Balaban J connectivity index is 2.07. The summed E-state index contributed by atoms with van der Waals surface area (Å²) in [5, 5.41) is 20.8. The molecule has 0 saturated carbocycles. The van der Waals surface area contributed by atoms with E-state index >= 15 is 0 Å². The van der Waals surface area contributed by atoms with Gasteiger partial charge in [-0.05, 0) is 18.2 Å². The summed E-state index contributed by atoms with van der Waals surface area (Å²) in [6, 6.07) is 5.83. The van der Waals surface area contributed by atoms with Gasteiger partial charge >= 0.3 is 0 Å². The highest BCUT2D eigenvalue weighted by Gasteiger charge is 2.13. The molecule has 0 aliphatic rings. The molecule has 0 radical (unpaired) electrons. The lowest BCUT2D eigenvalue weighted by Gasteiger charge is -2.06. The lowest BCUT2D eigenvalue weighted by Crippen LogP contribution is -2.36. The van der Waals surface area contributed by atoms with Crippen molar-refractivity contribution in [2.75, 3.05) is 0 Å². The number of carbonyl (C=O) groups is 1. The number of benzene rings is 1. The third kappa shape index (κ3) is 3.57. The maximum atomic E-state index is 11.9. The molecule has 0 bridgehead atoms. The smallest absolute Gasteiger partial charge is 0.261 e. The topological polar surface area (TPSA) is 140 Å². The lowest BCUT2D eigenvalue weighted by molar-refractivity contribution is 0.0974. The standard InChI is InChI=1S/C13H12N6O2/c14-4-8-1-2-11(20)10(3-8)12(21)19-13(15)17-6-9-5-16-7-18-9/h1-3,5,7,20H,6H2,(H,16,18)(H3,15,17,19,21). The van der Waals surface area contributed by atoms with Gasteiger partial charge in [0.15, 0.2) is 5.96 Å². The van der Waals surface area contributed by atoms with E-state index < -0.39 is 5.91 Å². The number of rotatable bonds is 3. The van der Waals surface area contributed by atoms with Gasteiger partial charge in [0.05, 0.1) is 35.8 Å². The molecule has 8 nitrogen and oxygen atoms in total. The number of guanidine groups is 1. The molecule has 1 aromatic carbocycles. The zero-order valence-corrected chi connectivity index (χ0v) is 10.9. The Kier molecular flexibility index (Phi) is 4.16. The van der Waals surface area contributed by atoms with Crippen molar-refractivity contribution in [3.05, 3.63) is 47.5 Å². The van der Waals surface area contributed by atoms with Gasteiger partial charge < -0.3 is 15.8 Å². The summed E-state index contributed by atoms with van der Waals surface area (Å²) in [7, 11) is 0. The molecule has 0 saturated heterocycles. The van der Waals surface area contributed by atoms with E-state index in [2.05, 4.69) is 20.3 Å². The highest BCUT2D eigenvalue weighted by Crippen LogP contribution is 2.17. The molecule has 1 aromatic heterocycles. The van der Waals surface area contributed by atoms with Gasteiger partial charge in [-0.3, -0.25) is 10.1 Å². The number of hydrogen-bond acceptors (Lipinski definition) is 5. The van der Waals surface area contributed by atoms with Gasteiger partial charge in [-0.2, -0.15) is 5.26 Å². The molecule has 21 heavy (non-hydrogen) atoms. The Morgan fingerprint density at radius 1 is 1.57 bits per heavy atom. The molecular formula is C13H12N6O2. The van der Waals surface area contributed by atoms with E-state index in [0.29, 0.717) is 0 Å². The van der Waals surface area contributed by atoms with Crippen LogP contribution in [0.5, 0.6) is 5.75 Å². The van der Waals surface area contributed by atoms with Crippen molar-refractivity contribution in [3.8, 4) is 11.8 Å². The maximum absolute atomic E-state index is 11.9. The van der Waals surface area contributed by atoms with Crippen molar-refractivity contribution in [1.29, 1.82) is 5.26 Å². The second kappa shape index (κ2) is 6.21. The van der Waals surface area contributed by atoms with Crippen LogP contribution in [0.25, 0.3) is 0 Å². The number of amides is 1. The number of nitrogens with zero attached hydrogens (tertiary/aromatic N) is 3. The van der Waals surface area contributed by atoms with E-state index in [9.17, 15) is 9.90 Å². The number of H-pyrrole nitrogens is 1. The van der Waals surface area contributed by atoms with Crippen LogP contribution < -0.4 is 11.1 Å². The minimum atomic E-state index is -0.643. The van der Waals surface area contributed by atoms with Crippen LogP contribution in [0.3, 0.4) is 0 Å². The van der Waals surface area contributed by atoms with Crippen LogP contribution in [0.2, 0.25) is 0 Å². The summed E-state index contributed by atoms with van der Waals surface area (Å²) < 4.78 is 0. The number of phenolic OH excluding ortho intramolecular Hbond substituents is 1. The van der Waals surface area contributed by atoms with E-state index in [1.807, 2.05) is 6.07 Å². The quantitative estimate of drug-likeness (QED) is 0.471. The third-order valence-electron chi connectivity index (χ3n) is 2.59. The molecule has 1 amide bonds. The first-order valence-corrected chi connectivity index (χ1v) is 5.92. The monoisotopic (exact) mass is 284 g/mol. The molecule has 8 heteroatoms. The zero-order chi connectivity index (χ0) is 15.2. The van der Waals surface area contributed by atoms with E-state index in [1.165, 1.54) is 24.5 Å². The minimum Gasteiger partial charge on any atom is -0.507 e. The largest absolute Gasteiger partial charge is 0.507 e. The average Bonchev–Trinajstić information content (AvgIpc) is 2.99. The zero-order valence-electron chi connectivity index (χ0n) is 10.9. The second-order valence-electron chi connectivity index (χ2n) is 4.08. The molecule has 0 fully saturated rings. The fraction of sp³-hybridized carbons (Fsp3) is 0.0769. The lowest BCUT2D eigenvalue weighted by atomic mass is 10.1. The molecule has 0 aliphatic carbocycles. The number of aliphatic imine (C=N–C) groups is 1. The number of phenols is 1. The first kappa shape index (κ1) is 14.1. The minimum absolute atomic E-state index is 0.0475. The van der Waals surface area contributed by atoms with Gasteiger partial charge in [-0.25, -0.2) is 9.98 Å². The van der Waals surface area contributed by atoms with Crippen LogP contribution in [0.1, 0.15) is 21.6 Å². The summed E-state index contributed by atoms with van der Waals surface area (Å²) in [5.41, 5.74) is 6.53. The Morgan fingerprint density at radius 3 is 3.05 bits per heavy atom. The van der Waals surface area contributed by atoms with Gasteiger partial charge in [0.1, 0.15) is 5.75 Å². The molecule has 2 rings (SSSR count). The molecular weight excluding hydrogens is 272 g/mol. The number of aromatic hydroxyl groups is 1. The number of hydrogen-bond donors (Lipinski definition) is 4. The number of imidazole rings is 1. The normalized spacial score (nSPS) is 10.9. The van der Waals surface area contributed by atoms with Gasteiger partial charge in [0.25, 0.3) is 5.91 Å². The van der Waals surface area contributed by atoms with Crippen LogP contribution in [-0.4, -0.2) is 26.9 Å². The van der Waals surface area contributed by atoms with E-state index in [0.717, 1.165) is 5.69 Å². The Morgan fingerprint density at radius 2 is 2.38 bits per heavy atom. The number of nitrogens with one attached hydrogen (secondary N) is 2. The number of carbonyl (C=O) groups excluding carboxylic acids is 1. The summed E-state index contributed by atoms with van der Waals surface area (Å²) in [4.78, 5) is 22.6. The number of aromatic nitrogens is 2. The number of aromatic amines is 1. The van der Waals surface area contributed by atoms with Gasteiger partial charge in [-0.1, -0.05) is 0 Å². The summed E-state index contributed by atoms with van der Waals surface area (Å²) in [6.07, 6.45) is 3.09. The highest BCUT2D eigenvalue weighted by atomic mass is 16.3. The third-order valence-corrected chi connectivity index (χ3v) is 2.59. The summed E-state index contributed by atoms with van der Waals surface area (Å²) in [6.45, 7) is 0.232. The number of nitriles is 1. The second-order valence-corrected chi connectivity index (χ2v) is 4.08. The van der Waals surface area contributed by atoms with Crippen LogP contribution >= 0.6 is 0 Å². The van der Waals surface area contributed by atoms with Crippen molar-refractivity contribution < 1.29 is 9.90 Å². The van der Waals surface area contributed by atoms with Gasteiger partial charge in [-0.15, -0.1) is 0 Å². The summed E-state index contributed by atoms with van der Waals surface area (Å²) >= 11 is 0. The van der Waals surface area contributed by atoms with Gasteiger partial charge in [0, 0.05) is 6.20 Å². The molecule has 106 valence electrons. The maximum Gasteiger partial charge on any atom is 0.261 e. The predicted molar refractivity (Wildman–Crippen MR) is 74.2 cm³/mol. The number of nitrogens with two attached hydrogens (primary N) is 1. The molecule has 5 N–H and O–H groups in total. The Hall–Kier alpha value is -3.34. The van der Waals surface area contributed by atoms with E-state index in [-0.39, 0.29) is 29.4 Å². The predicted octanol–water partition coefficient (Wildman–Crippen LogP) is 0.232. The first-order chi connectivity index (χ1) is 10.1. The molecule has 1 heterocycles. The SMILES string of the molecule is N#Cc1ccc(O)c(C(=O)NC(N)=NCc2cnc[nH]2)c1. The highest BCUT2D eigenvalue weighted by molar-refractivity contribution is 6.06. The van der Waals surface area contributed by atoms with Crippen LogP contribution in [0.4, 0.5) is 0 Å². The molecule has 0 aliphatic heterocycles. The van der Waals surface area contributed by atoms with Crippen LogP contribution in [-0.2, 0) is 6.54 Å². The van der Waals surface area contributed by atoms with Gasteiger partial charge in [0.2, 0.25) is 0 Å². The van der Waals surface area contributed by atoms with Crippen molar-refractivity contribution in [2.45, 2.75) is 6.54 Å².